The number of nitrogens with one attached hydrogen (secondary N) is 1. The lowest BCUT2D eigenvalue weighted by atomic mass is 9.80. The molecule has 3 rings (SSSR count). The molecule has 114 valence electrons. The van der Waals surface area contributed by atoms with Gasteiger partial charge in [-0.2, -0.15) is 0 Å². The van der Waals surface area contributed by atoms with Crippen LogP contribution >= 0.6 is 0 Å². The molecule has 1 aliphatic heterocycles. The van der Waals surface area contributed by atoms with Gasteiger partial charge in [-0.25, -0.2) is 4.79 Å². The summed E-state index contributed by atoms with van der Waals surface area (Å²) in [5, 5.41) is 3.66. The summed E-state index contributed by atoms with van der Waals surface area (Å²) < 4.78 is 4.95. The van der Waals surface area contributed by atoms with Crippen LogP contribution in [-0.2, 0) is 17.6 Å². The molecule has 2 aliphatic rings. The highest BCUT2D eigenvalue weighted by Gasteiger charge is 2.26. The Hall–Kier alpha value is -1.35. The Kier molecular flexibility index (Phi) is 4.29. The van der Waals surface area contributed by atoms with Crippen LogP contribution in [0.4, 0.5) is 0 Å². The van der Waals surface area contributed by atoms with Crippen molar-refractivity contribution in [3.05, 3.63) is 34.4 Å². The minimum absolute atomic E-state index is 0.190. The third-order valence-corrected chi connectivity index (χ3v) is 5.02. The van der Waals surface area contributed by atoms with Crippen molar-refractivity contribution in [3.8, 4) is 0 Å². The standard InChI is InChI=1S/C18H25NO2/c1-12-9-10-19-17(11-12)15-7-8-16(18(20)21-2)14-6-4-3-5-13(14)15/h7-8,12,17,19H,3-6,9-11H2,1-2H3/t12-,17+/m1/s1. The zero-order valence-electron chi connectivity index (χ0n) is 13.1. The fourth-order valence-corrected chi connectivity index (χ4v) is 3.87. The van der Waals surface area contributed by atoms with E-state index in [0.717, 1.165) is 30.9 Å². The van der Waals surface area contributed by atoms with Crippen molar-refractivity contribution < 1.29 is 9.53 Å². The van der Waals surface area contributed by atoms with Gasteiger partial charge < -0.3 is 10.1 Å². The summed E-state index contributed by atoms with van der Waals surface area (Å²) >= 11 is 0. The molecule has 0 radical (unpaired) electrons. The number of hydrogen-bond acceptors (Lipinski definition) is 3. The SMILES string of the molecule is COC(=O)c1ccc([C@@H]2C[C@H](C)CCN2)c2c1CCCC2. The first-order valence-corrected chi connectivity index (χ1v) is 8.17. The number of piperidine rings is 1. The summed E-state index contributed by atoms with van der Waals surface area (Å²) in [6, 6.07) is 4.59. The average Bonchev–Trinajstić information content (AvgIpc) is 2.53. The van der Waals surface area contributed by atoms with Crippen molar-refractivity contribution in [2.24, 2.45) is 5.92 Å². The molecule has 1 aromatic carbocycles. The number of ether oxygens (including phenoxy) is 1. The number of methoxy groups -OCH3 is 1. The average molecular weight is 287 g/mol. The molecule has 0 amide bonds. The van der Waals surface area contributed by atoms with E-state index in [1.807, 2.05) is 6.07 Å². The molecule has 1 N–H and O–H groups in total. The molecule has 3 heteroatoms. The summed E-state index contributed by atoms with van der Waals surface area (Å²) in [6.45, 7) is 3.43. The van der Waals surface area contributed by atoms with Gasteiger partial charge in [0.15, 0.2) is 0 Å². The van der Waals surface area contributed by atoms with Crippen LogP contribution in [0.15, 0.2) is 12.1 Å². The van der Waals surface area contributed by atoms with Gasteiger partial charge in [0.2, 0.25) is 0 Å². The second kappa shape index (κ2) is 6.18. The first kappa shape index (κ1) is 14.6. The van der Waals surface area contributed by atoms with E-state index in [1.54, 1.807) is 0 Å². The Bertz CT molecular complexity index is 538. The molecule has 0 unspecified atom stereocenters. The number of carbonyl (C=O) groups is 1. The van der Waals surface area contributed by atoms with Gasteiger partial charge in [-0.15, -0.1) is 0 Å². The smallest absolute Gasteiger partial charge is 0.338 e. The highest BCUT2D eigenvalue weighted by atomic mass is 16.5. The molecule has 1 aromatic rings. The molecular weight excluding hydrogens is 262 g/mol. The third-order valence-electron chi connectivity index (χ3n) is 5.02. The van der Waals surface area contributed by atoms with Gasteiger partial charge in [0, 0.05) is 6.04 Å². The maximum absolute atomic E-state index is 12.0. The normalized spacial score (nSPS) is 25.2. The quantitative estimate of drug-likeness (QED) is 0.847. The van der Waals surface area contributed by atoms with Crippen molar-refractivity contribution in [2.45, 2.75) is 51.5 Å². The highest BCUT2D eigenvalue weighted by Crippen LogP contribution is 2.35. The van der Waals surface area contributed by atoms with Gasteiger partial charge in [-0.05, 0) is 73.7 Å². The maximum Gasteiger partial charge on any atom is 0.338 e. The lowest BCUT2D eigenvalue weighted by Gasteiger charge is -2.32. The van der Waals surface area contributed by atoms with E-state index >= 15 is 0 Å². The maximum atomic E-state index is 12.0. The molecule has 2 atom stereocenters. The Morgan fingerprint density at radius 2 is 2.00 bits per heavy atom. The fraction of sp³-hybridized carbons (Fsp3) is 0.611. The lowest BCUT2D eigenvalue weighted by Crippen LogP contribution is -2.32. The second-order valence-corrected chi connectivity index (χ2v) is 6.49. The van der Waals surface area contributed by atoms with Crippen molar-refractivity contribution in [3.63, 3.8) is 0 Å². The van der Waals surface area contributed by atoms with Crippen LogP contribution in [-0.4, -0.2) is 19.6 Å². The molecule has 3 nitrogen and oxygen atoms in total. The van der Waals surface area contributed by atoms with Crippen LogP contribution in [0.2, 0.25) is 0 Å². The number of carbonyl (C=O) groups excluding carboxylic acids is 1. The van der Waals surface area contributed by atoms with Crippen molar-refractivity contribution in [1.29, 1.82) is 0 Å². The molecule has 1 saturated heterocycles. The van der Waals surface area contributed by atoms with Gasteiger partial charge in [-0.1, -0.05) is 13.0 Å². The number of fused-ring (bicyclic) bond motifs is 1. The van der Waals surface area contributed by atoms with Crippen LogP contribution in [0.5, 0.6) is 0 Å². The first-order chi connectivity index (χ1) is 10.2. The Morgan fingerprint density at radius 1 is 1.24 bits per heavy atom. The number of hydrogen-bond donors (Lipinski definition) is 1. The zero-order chi connectivity index (χ0) is 14.8. The molecular formula is C18H25NO2. The van der Waals surface area contributed by atoms with E-state index in [2.05, 4.69) is 18.3 Å². The van der Waals surface area contributed by atoms with Gasteiger partial charge in [0.1, 0.15) is 0 Å². The van der Waals surface area contributed by atoms with Crippen molar-refractivity contribution in [2.75, 3.05) is 13.7 Å². The van der Waals surface area contributed by atoms with E-state index in [4.69, 9.17) is 4.74 Å². The van der Waals surface area contributed by atoms with Gasteiger partial charge in [0.05, 0.1) is 12.7 Å². The summed E-state index contributed by atoms with van der Waals surface area (Å²) in [7, 11) is 1.47. The zero-order valence-corrected chi connectivity index (χ0v) is 13.1. The minimum atomic E-state index is -0.190. The van der Waals surface area contributed by atoms with Crippen molar-refractivity contribution >= 4 is 5.97 Å². The predicted molar refractivity (Wildman–Crippen MR) is 83.6 cm³/mol. The highest BCUT2D eigenvalue weighted by molar-refractivity contribution is 5.91. The molecule has 1 heterocycles. The van der Waals surface area contributed by atoms with Crippen LogP contribution < -0.4 is 5.32 Å². The summed E-state index contributed by atoms with van der Waals surface area (Å²) in [5.41, 5.74) is 4.85. The van der Waals surface area contributed by atoms with Crippen LogP contribution in [0.1, 0.15) is 65.7 Å². The Morgan fingerprint density at radius 3 is 2.71 bits per heavy atom. The van der Waals surface area contributed by atoms with Crippen LogP contribution in [0, 0.1) is 5.92 Å². The molecule has 0 spiro atoms. The summed E-state index contributed by atoms with van der Waals surface area (Å²) in [5.74, 6) is 0.584. The van der Waals surface area contributed by atoms with Gasteiger partial charge in [0.25, 0.3) is 0 Å². The molecule has 21 heavy (non-hydrogen) atoms. The molecule has 1 aliphatic carbocycles. The molecule has 0 bridgehead atoms. The largest absolute Gasteiger partial charge is 0.465 e. The van der Waals surface area contributed by atoms with E-state index in [-0.39, 0.29) is 5.97 Å². The molecule has 0 aromatic heterocycles. The first-order valence-electron chi connectivity index (χ1n) is 8.17. The van der Waals surface area contributed by atoms with E-state index in [0.29, 0.717) is 6.04 Å². The van der Waals surface area contributed by atoms with E-state index < -0.39 is 0 Å². The lowest BCUT2D eigenvalue weighted by molar-refractivity contribution is 0.0599. The third kappa shape index (κ3) is 2.84. The van der Waals surface area contributed by atoms with Crippen molar-refractivity contribution in [1.82, 2.24) is 5.32 Å². The Balaban J connectivity index is 2.00. The topological polar surface area (TPSA) is 38.3 Å². The Labute approximate surface area is 127 Å². The van der Waals surface area contributed by atoms with Crippen LogP contribution in [0.3, 0.4) is 0 Å². The summed E-state index contributed by atoms with van der Waals surface area (Å²) in [6.07, 6.45) is 6.97. The van der Waals surface area contributed by atoms with Crippen LogP contribution in [0.25, 0.3) is 0 Å². The predicted octanol–water partition coefficient (Wildman–Crippen LogP) is 3.41. The van der Waals surface area contributed by atoms with E-state index in [9.17, 15) is 4.79 Å². The van der Waals surface area contributed by atoms with Gasteiger partial charge in [-0.3, -0.25) is 0 Å². The van der Waals surface area contributed by atoms with Gasteiger partial charge >= 0.3 is 5.97 Å². The second-order valence-electron chi connectivity index (χ2n) is 6.49. The number of rotatable bonds is 2. The summed E-state index contributed by atoms with van der Waals surface area (Å²) in [4.78, 5) is 12.0. The molecule has 1 fully saturated rings. The fourth-order valence-electron chi connectivity index (χ4n) is 3.87. The van der Waals surface area contributed by atoms with E-state index in [1.165, 1.54) is 49.5 Å². The molecule has 0 saturated carbocycles. The number of benzene rings is 1. The monoisotopic (exact) mass is 287 g/mol. The number of esters is 1. The minimum Gasteiger partial charge on any atom is -0.465 e.